The molecule has 0 amide bonds. The van der Waals surface area contributed by atoms with Crippen molar-refractivity contribution in [3.63, 3.8) is 0 Å². The lowest BCUT2D eigenvalue weighted by molar-refractivity contribution is -0.201. The van der Waals surface area contributed by atoms with Crippen molar-refractivity contribution in [1.29, 1.82) is 0 Å². The molecule has 4 aliphatic carbocycles. The van der Waals surface area contributed by atoms with E-state index in [1.54, 1.807) is 0 Å². The molecule has 25 heavy (non-hydrogen) atoms. The second-order valence-corrected chi connectivity index (χ2v) is 9.74. The molecule has 4 heteroatoms. The van der Waals surface area contributed by atoms with Crippen molar-refractivity contribution in [3.8, 4) is 0 Å². The standard InChI is InChI=1S/C21H30N2O2/c1-11-4-5-13-17-14(6-7-20(11,13)2)21(3)9-12-10-22-23-16(12)8-15(21)18(24)19(17)25/h10,13-15,17-19,24-25H,1,4-9H2,2-3H3,(H,22,23)/t13-,14-,15+,17-,18+,19+,20+,21+/m0/s1. The van der Waals surface area contributed by atoms with Crippen LogP contribution in [0.1, 0.15) is 50.8 Å². The summed E-state index contributed by atoms with van der Waals surface area (Å²) < 4.78 is 0. The highest BCUT2D eigenvalue weighted by molar-refractivity contribution is 5.29. The van der Waals surface area contributed by atoms with Crippen molar-refractivity contribution in [2.45, 2.75) is 64.6 Å². The molecular weight excluding hydrogens is 312 g/mol. The molecule has 0 aliphatic heterocycles. The summed E-state index contributed by atoms with van der Waals surface area (Å²) in [5.41, 5.74) is 4.03. The van der Waals surface area contributed by atoms with Gasteiger partial charge in [-0.15, -0.1) is 0 Å². The number of aromatic nitrogens is 2. The monoisotopic (exact) mass is 342 g/mol. The van der Waals surface area contributed by atoms with Crippen LogP contribution in [0, 0.1) is 34.5 Å². The molecule has 3 N–H and O–H groups in total. The summed E-state index contributed by atoms with van der Waals surface area (Å²) in [5.74, 6) is 1.25. The Kier molecular flexibility index (Phi) is 3.20. The number of aliphatic hydroxyl groups is 2. The third-order valence-electron chi connectivity index (χ3n) is 8.94. The van der Waals surface area contributed by atoms with Gasteiger partial charge in [0.2, 0.25) is 0 Å². The Morgan fingerprint density at radius 2 is 1.96 bits per heavy atom. The molecule has 136 valence electrons. The first-order valence-corrected chi connectivity index (χ1v) is 9.92. The van der Waals surface area contributed by atoms with Gasteiger partial charge in [0.1, 0.15) is 0 Å². The van der Waals surface area contributed by atoms with E-state index in [9.17, 15) is 10.2 Å². The van der Waals surface area contributed by atoms with Gasteiger partial charge >= 0.3 is 0 Å². The van der Waals surface area contributed by atoms with Gasteiger partial charge in [-0.25, -0.2) is 0 Å². The van der Waals surface area contributed by atoms with Crippen molar-refractivity contribution >= 4 is 0 Å². The van der Waals surface area contributed by atoms with Crippen molar-refractivity contribution in [2.75, 3.05) is 0 Å². The first-order valence-electron chi connectivity index (χ1n) is 9.92. The molecule has 3 saturated carbocycles. The Morgan fingerprint density at radius 1 is 1.16 bits per heavy atom. The fraction of sp³-hybridized carbons (Fsp3) is 0.762. The van der Waals surface area contributed by atoms with E-state index < -0.39 is 12.2 Å². The van der Waals surface area contributed by atoms with E-state index in [1.807, 2.05) is 6.20 Å². The number of allylic oxidation sites excluding steroid dienone is 1. The molecule has 0 radical (unpaired) electrons. The molecule has 0 aromatic carbocycles. The maximum Gasteiger partial charge on any atom is 0.0839 e. The molecule has 1 aromatic rings. The maximum atomic E-state index is 11.2. The summed E-state index contributed by atoms with van der Waals surface area (Å²) in [6.07, 6.45) is 7.02. The van der Waals surface area contributed by atoms with Gasteiger partial charge in [-0.1, -0.05) is 26.0 Å². The average Bonchev–Trinajstić information content (AvgIpc) is 3.15. The minimum atomic E-state index is -0.640. The van der Waals surface area contributed by atoms with Crippen LogP contribution < -0.4 is 0 Å². The van der Waals surface area contributed by atoms with Crippen molar-refractivity contribution in [1.82, 2.24) is 10.2 Å². The molecule has 1 heterocycles. The third kappa shape index (κ3) is 1.88. The minimum Gasteiger partial charge on any atom is -0.390 e. The van der Waals surface area contributed by atoms with Crippen LogP contribution in [0.4, 0.5) is 0 Å². The van der Waals surface area contributed by atoms with Crippen LogP contribution >= 0.6 is 0 Å². The highest BCUT2D eigenvalue weighted by atomic mass is 16.3. The molecule has 0 saturated heterocycles. The lowest BCUT2D eigenvalue weighted by Crippen LogP contribution is -2.64. The van der Waals surface area contributed by atoms with Gasteiger partial charge in [0.25, 0.3) is 0 Å². The Labute approximate surface area is 149 Å². The van der Waals surface area contributed by atoms with E-state index in [-0.39, 0.29) is 22.7 Å². The molecule has 4 nitrogen and oxygen atoms in total. The summed E-state index contributed by atoms with van der Waals surface area (Å²) in [5, 5.41) is 29.6. The second-order valence-electron chi connectivity index (χ2n) is 9.74. The minimum absolute atomic E-state index is 0.0471. The molecular formula is C21H30N2O2. The normalized spacial score (nSPS) is 51.4. The summed E-state index contributed by atoms with van der Waals surface area (Å²) >= 11 is 0. The van der Waals surface area contributed by atoms with Crippen LogP contribution in [0.3, 0.4) is 0 Å². The molecule has 1 aromatic heterocycles. The van der Waals surface area contributed by atoms with Gasteiger partial charge in [-0.2, -0.15) is 5.10 Å². The number of H-pyrrole nitrogens is 1. The van der Waals surface area contributed by atoms with Crippen LogP contribution in [0.2, 0.25) is 0 Å². The highest BCUT2D eigenvalue weighted by Gasteiger charge is 2.63. The molecule has 5 rings (SSSR count). The summed E-state index contributed by atoms with van der Waals surface area (Å²) in [6.45, 7) is 9.08. The van der Waals surface area contributed by atoms with Crippen molar-refractivity contribution in [3.05, 3.63) is 29.6 Å². The summed E-state index contributed by atoms with van der Waals surface area (Å²) in [6, 6.07) is 0. The zero-order valence-corrected chi connectivity index (χ0v) is 15.3. The Bertz CT molecular complexity index is 727. The van der Waals surface area contributed by atoms with Crippen LogP contribution in [0.15, 0.2) is 18.3 Å². The number of hydrogen-bond acceptors (Lipinski definition) is 3. The predicted molar refractivity (Wildman–Crippen MR) is 95.8 cm³/mol. The van der Waals surface area contributed by atoms with Crippen LogP contribution in [0.5, 0.6) is 0 Å². The van der Waals surface area contributed by atoms with Crippen LogP contribution in [-0.2, 0) is 12.8 Å². The number of aliphatic hydroxyl groups excluding tert-OH is 2. The number of aromatic amines is 1. The lowest BCUT2D eigenvalue weighted by Gasteiger charge is -2.62. The van der Waals surface area contributed by atoms with Gasteiger partial charge in [0.15, 0.2) is 0 Å². The molecule has 3 fully saturated rings. The first kappa shape index (κ1) is 16.1. The van der Waals surface area contributed by atoms with E-state index in [4.69, 9.17) is 0 Å². The van der Waals surface area contributed by atoms with Gasteiger partial charge in [0, 0.05) is 5.69 Å². The lowest BCUT2D eigenvalue weighted by atomic mass is 9.44. The first-order chi connectivity index (χ1) is 11.9. The second kappa shape index (κ2) is 4.98. The van der Waals surface area contributed by atoms with Gasteiger partial charge < -0.3 is 10.2 Å². The third-order valence-corrected chi connectivity index (χ3v) is 8.94. The summed E-state index contributed by atoms with van der Waals surface area (Å²) in [4.78, 5) is 0. The van der Waals surface area contributed by atoms with E-state index in [0.29, 0.717) is 11.8 Å². The zero-order chi connectivity index (χ0) is 17.6. The SMILES string of the molecule is C=C1CC[C@H]2[C@@H]3[C@@H](O)[C@H](O)[C@H]4Cc5[nH]ncc5C[C@]4(C)[C@H]3CC[C@]12C. The number of nitrogens with one attached hydrogen (secondary N) is 1. The quantitative estimate of drug-likeness (QED) is 0.635. The smallest absolute Gasteiger partial charge is 0.0839 e. The van der Waals surface area contributed by atoms with Crippen LogP contribution in [0.25, 0.3) is 0 Å². The van der Waals surface area contributed by atoms with Crippen molar-refractivity contribution in [2.24, 2.45) is 34.5 Å². The molecule has 0 unspecified atom stereocenters. The van der Waals surface area contributed by atoms with Gasteiger partial charge in [-0.3, -0.25) is 5.10 Å². The predicted octanol–water partition coefficient (Wildman–Crippen LogP) is 2.86. The largest absolute Gasteiger partial charge is 0.390 e. The molecule has 0 bridgehead atoms. The van der Waals surface area contributed by atoms with Gasteiger partial charge in [0.05, 0.1) is 18.4 Å². The number of nitrogens with zero attached hydrogens (tertiary/aromatic N) is 1. The zero-order valence-electron chi connectivity index (χ0n) is 15.3. The summed E-state index contributed by atoms with van der Waals surface area (Å²) in [7, 11) is 0. The Morgan fingerprint density at radius 3 is 2.76 bits per heavy atom. The topological polar surface area (TPSA) is 69.1 Å². The Balaban J connectivity index is 1.59. The maximum absolute atomic E-state index is 11.2. The Hall–Kier alpha value is -1.13. The van der Waals surface area contributed by atoms with E-state index in [0.717, 1.165) is 37.8 Å². The fourth-order valence-corrected chi connectivity index (χ4v) is 7.39. The number of rotatable bonds is 0. The molecule has 8 atom stereocenters. The van der Waals surface area contributed by atoms with E-state index in [2.05, 4.69) is 30.6 Å². The highest BCUT2D eigenvalue weighted by Crippen LogP contribution is 2.66. The average molecular weight is 342 g/mol. The fourth-order valence-electron chi connectivity index (χ4n) is 7.39. The molecule has 0 spiro atoms. The van der Waals surface area contributed by atoms with E-state index >= 15 is 0 Å². The van der Waals surface area contributed by atoms with Crippen LogP contribution in [-0.4, -0.2) is 32.6 Å². The van der Waals surface area contributed by atoms with Crippen molar-refractivity contribution < 1.29 is 10.2 Å². The number of fused-ring (bicyclic) bond motifs is 6. The van der Waals surface area contributed by atoms with Gasteiger partial charge in [-0.05, 0) is 78.6 Å². The van der Waals surface area contributed by atoms with E-state index in [1.165, 1.54) is 17.6 Å². The molecule has 4 aliphatic rings. The number of hydrogen-bond donors (Lipinski definition) is 3.